The van der Waals surface area contributed by atoms with Gasteiger partial charge in [0.25, 0.3) is 0 Å². The second kappa shape index (κ2) is 3.62. The summed E-state index contributed by atoms with van der Waals surface area (Å²) in [7, 11) is 0. The number of hydrogen-bond donors (Lipinski definition) is 0. The highest BCUT2D eigenvalue weighted by Crippen LogP contribution is 2.24. The largest absolute Gasteiger partial charge is 0.298 e. The van der Waals surface area contributed by atoms with Gasteiger partial charge in [-0.25, -0.2) is 0 Å². The zero-order chi connectivity index (χ0) is 6.69. The molecular formula is C6H9BrOS. The van der Waals surface area contributed by atoms with Crippen molar-refractivity contribution in [1.82, 2.24) is 0 Å². The molecule has 1 saturated heterocycles. The van der Waals surface area contributed by atoms with Crippen LogP contribution in [0.25, 0.3) is 0 Å². The Hall–Kier alpha value is 0.500. The third-order valence-electron chi connectivity index (χ3n) is 1.52. The van der Waals surface area contributed by atoms with Crippen molar-refractivity contribution in [2.75, 3.05) is 16.8 Å². The van der Waals surface area contributed by atoms with Crippen LogP contribution in [0.5, 0.6) is 0 Å². The molecule has 1 aliphatic heterocycles. The van der Waals surface area contributed by atoms with Crippen LogP contribution in [0.15, 0.2) is 0 Å². The van der Waals surface area contributed by atoms with Gasteiger partial charge in [0.15, 0.2) is 0 Å². The number of ketones is 1. The van der Waals surface area contributed by atoms with Gasteiger partial charge in [-0.3, -0.25) is 4.79 Å². The molecule has 1 unspecified atom stereocenters. The third-order valence-corrected chi connectivity index (χ3v) is 3.23. The summed E-state index contributed by atoms with van der Waals surface area (Å²) in [6.07, 6.45) is 1.09. The maximum Gasteiger partial charge on any atom is 0.147 e. The zero-order valence-electron chi connectivity index (χ0n) is 5.10. The summed E-state index contributed by atoms with van der Waals surface area (Å²) in [4.78, 5) is 11.0. The van der Waals surface area contributed by atoms with Crippen molar-refractivity contribution in [1.29, 1.82) is 0 Å². The summed E-state index contributed by atoms with van der Waals surface area (Å²) in [5, 5.41) is 0.540. The fourth-order valence-corrected chi connectivity index (χ4v) is 2.61. The van der Waals surface area contributed by atoms with Gasteiger partial charge in [0, 0.05) is 11.7 Å². The second-order valence-electron chi connectivity index (χ2n) is 2.16. The van der Waals surface area contributed by atoms with E-state index < -0.39 is 0 Å². The number of rotatable bonds is 2. The number of halogens is 1. The van der Waals surface area contributed by atoms with E-state index in [1.165, 1.54) is 5.75 Å². The molecule has 1 heterocycles. The fraction of sp³-hybridized carbons (Fsp3) is 0.833. The molecule has 0 amide bonds. The van der Waals surface area contributed by atoms with Gasteiger partial charge in [-0.15, -0.1) is 0 Å². The average molecular weight is 209 g/mol. The highest BCUT2D eigenvalue weighted by Gasteiger charge is 2.21. The van der Waals surface area contributed by atoms with E-state index in [1.807, 2.05) is 11.8 Å². The van der Waals surface area contributed by atoms with Gasteiger partial charge in [-0.05, 0) is 12.2 Å². The van der Waals surface area contributed by atoms with E-state index >= 15 is 0 Å². The first-order valence-corrected chi connectivity index (χ1v) is 5.28. The first kappa shape index (κ1) is 7.61. The van der Waals surface area contributed by atoms with Crippen molar-refractivity contribution in [3.63, 3.8) is 0 Å². The Balaban J connectivity index is 2.32. The van der Waals surface area contributed by atoms with Gasteiger partial charge in [0.1, 0.15) is 5.78 Å². The second-order valence-corrected chi connectivity index (χ2v) is 3.87. The lowest BCUT2D eigenvalue weighted by Crippen LogP contribution is -2.14. The first-order chi connectivity index (χ1) is 4.34. The number of alkyl halides is 1. The lowest BCUT2D eigenvalue weighted by atomic mass is 10.1. The maximum atomic E-state index is 11.0. The molecule has 1 fully saturated rings. The minimum Gasteiger partial charge on any atom is -0.298 e. The Kier molecular flexibility index (Phi) is 3.06. The molecule has 52 valence electrons. The third kappa shape index (κ3) is 1.97. The van der Waals surface area contributed by atoms with Crippen LogP contribution in [0, 0.1) is 5.92 Å². The van der Waals surface area contributed by atoms with E-state index in [-0.39, 0.29) is 0 Å². The van der Waals surface area contributed by atoms with Crippen LogP contribution in [0.3, 0.4) is 0 Å². The van der Waals surface area contributed by atoms with Crippen molar-refractivity contribution in [3.8, 4) is 0 Å². The van der Waals surface area contributed by atoms with Gasteiger partial charge in [-0.1, -0.05) is 15.9 Å². The molecule has 1 atom stereocenters. The van der Waals surface area contributed by atoms with Gasteiger partial charge in [0.2, 0.25) is 0 Å². The molecule has 0 aromatic heterocycles. The molecule has 0 spiro atoms. The van der Waals surface area contributed by atoms with E-state index in [0.29, 0.717) is 17.0 Å². The Morgan fingerprint density at radius 1 is 1.78 bits per heavy atom. The summed E-state index contributed by atoms with van der Waals surface area (Å²) in [5.74, 6) is 2.95. The molecule has 3 heteroatoms. The molecule has 0 aromatic carbocycles. The molecule has 0 radical (unpaired) electrons. The van der Waals surface area contributed by atoms with E-state index in [9.17, 15) is 4.79 Å². The van der Waals surface area contributed by atoms with Gasteiger partial charge >= 0.3 is 0 Å². The van der Waals surface area contributed by atoms with Crippen LogP contribution in [0.4, 0.5) is 0 Å². The molecule has 1 rings (SSSR count). The quantitative estimate of drug-likeness (QED) is 0.644. The predicted octanol–water partition coefficient (Wildman–Crippen LogP) is 1.70. The lowest BCUT2D eigenvalue weighted by Gasteiger charge is -2.01. The summed E-state index contributed by atoms with van der Waals surface area (Å²) < 4.78 is 0. The SMILES string of the molecule is O=C(CBr)C1CCSC1. The van der Waals surface area contributed by atoms with Crippen LogP contribution in [-0.4, -0.2) is 22.6 Å². The van der Waals surface area contributed by atoms with Gasteiger partial charge in [-0.2, -0.15) is 11.8 Å². The predicted molar refractivity (Wildman–Crippen MR) is 44.2 cm³/mol. The van der Waals surface area contributed by atoms with Crippen molar-refractivity contribution < 1.29 is 4.79 Å². The Labute approximate surface area is 67.7 Å². The van der Waals surface area contributed by atoms with E-state index in [0.717, 1.165) is 12.2 Å². The Morgan fingerprint density at radius 2 is 2.56 bits per heavy atom. The fourth-order valence-electron chi connectivity index (χ4n) is 0.898. The van der Waals surface area contributed by atoms with Crippen molar-refractivity contribution in [2.24, 2.45) is 5.92 Å². The number of carbonyl (C=O) groups excluding carboxylic acids is 1. The Bertz CT molecular complexity index is 110. The van der Waals surface area contributed by atoms with Crippen molar-refractivity contribution in [2.45, 2.75) is 6.42 Å². The normalized spacial score (nSPS) is 26.6. The highest BCUT2D eigenvalue weighted by molar-refractivity contribution is 9.09. The molecule has 0 N–H and O–H groups in total. The van der Waals surface area contributed by atoms with Gasteiger partial charge in [0.05, 0.1) is 5.33 Å². The molecule has 0 bridgehead atoms. The van der Waals surface area contributed by atoms with Crippen LogP contribution in [0.1, 0.15) is 6.42 Å². The molecular weight excluding hydrogens is 200 g/mol. The van der Waals surface area contributed by atoms with Gasteiger partial charge < -0.3 is 0 Å². The molecule has 9 heavy (non-hydrogen) atoms. The summed E-state index contributed by atoms with van der Waals surface area (Å²) in [6.45, 7) is 0. The standard InChI is InChI=1S/C6H9BrOS/c7-3-6(8)5-1-2-9-4-5/h5H,1-4H2. The molecule has 0 aromatic rings. The van der Waals surface area contributed by atoms with Crippen LogP contribution in [-0.2, 0) is 4.79 Å². The summed E-state index contributed by atoms with van der Waals surface area (Å²) >= 11 is 5.05. The lowest BCUT2D eigenvalue weighted by molar-refractivity contribution is -0.119. The number of thioether (sulfide) groups is 1. The van der Waals surface area contributed by atoms with Crippen LogP contribution in [0.2, 0.25) is 0 Å². The maximum absolute atomic E-state index is 11.0. The number of Topliss-reactive ketones (excluding diaryl/α,β-unsaturated/α-hetero) is 1. The Morgan fingerprint density at radius 3 is 3.00 bits per heavy atom. The smallest absolute Gasteiger partial charge is 0.147 e. The number of hydrogen-bond acceptors (Lipinski definition) is 2. The molecule has 0 aliphatic carbocycles. The monoisotopic (exact) mass is 208 g/mol. The molecule has 1 aliphatic rings. The van der Waals surface area contributed by atoms with E-state index in [1.54, 1.807) is 0 Å². The highest BCUT2D eigenvalue weighted by atomic mass is 79.9. The minimum atomic E-state index is 0.356. The average Bonchev–Trinajstić information content (AvgIpc) is 2.37. The first-order valence-electron chi connectivity index (χ1n) is 3.01. The summed E-state index contributed by atoms with van der Waals surface area (Å²) in [6, 6.07) is 0. The zero-order valence-corrected chi connectivity index (χ0v) is 7.50. The topological polar surface area (TPSA) is 17.1 Å². The van der Waals surface area contributed by atoms with Crippen molar-refractivity contribution in [3.05, 3.63) is 0 Å². The van der Waals surface area contributed by atoms with E-state index in [2.05, 4.69) is 15.9 Å². The van der Waals surface area contributed by atoms with Crippen LogP contribution >= 0.6 is 27.7 Å². The molecule has 1 nitrogen and oxygen atoms in total. The van der Waals surface area contributed by atoms with Crippen molar-refractivity contribution >= 4 is 33.5 Å². The number of carbonyl (C=O) groups is 1. The summed E-state index contributed by atoms with van der Waals surface area (Å²) in [5.41, 5.74) is 0. The minimum absolute atomic E-state index is 0.356. The van der Waals surface area contributed by atoms with Crippen LogP contribution < -0.4 is 0 Å². The van der Waals surface area contributed by atoms with E-state index in [4.69, 9.17) is 0 Å². The molecule has 0 saturated carbocycles.